The zero-order valence-electron chi connectivity index (χ0n) is 12.6. The van der Waals surface area contributed by atoms with Crippen molar-refractivity contribution in [2.45, 2.75) is 26.4 Å². The Balaban J connectivity index is 2.01. The lowest BCUT2D eigenvalue weighted by molar-refractivity contribution is 0.675. The van der Waals surface area contributed by atoms with Gasteiger partial charge in [-0.1, -0.05) is 30.7 Å². The molecule has 0 atom stereocenters. The summed E-state index contributed by atoms with van der Waals surface area (Å²) in [6.45, 7) is 4.75. The molecule has 1 aromatic carbocycles. The van der Waals surface area contributed by atoms with Gasteiger partial charge in [0.2, 0.25) is 0 Å². The number of nitrogens with one attached hydrogen (secondary N) is 1. The lowest BCUT2D eigenvalue weighted by atomic mass is 10.2. The van der Waals surface area contributed by atoms with Crippen molar-refractivity contribution in [1.82, 2.24) is 10.3 Å². The number of nitrogens with zero attached hydrogens (tertiary/aromatic N) is 2. The van der Waals surface area contributed by atoms with E-state index in [1.165, 1.54) is 0 Å². The van der Waals surface area contributed by atoms with Crippen LogP contribution in [0.5, 0.6) is 0 Å². The molecule has 0 saturated heterocycles. The minimum Gasteiger partial charge on any atom is -0.369 e. The van der Waals surface area contributed by atoms with Crippen molar-refractivity contribution in [1.29, 1.82) is 0 Å². The van der Waals surface area contributed by atoms with Gasteiger partial charge in [-0.2, -0.15) is 0 Å². The quantitative estimate of drug-likeness (QED) is 0.787. The molecule has 0 amide bonds. The van der Waals surface area contributed by atoms with E-state index in [9.17, 15) is 0 Å². The van der Waals surface area contributed by atoms with Gasteiger partial charge in [0.05, 0.1) is 12.2 Å². The molecule has 1 aromatic heterocycles. The van der Waals surface area contributed by atoms with Gasteiger partial charge in [0.15, 0.2) is 0 Å². The van der Waals surface area contributed by atoms with Gasteiger partial charge in [0.1, 0.15) is 0 Å². The molecular weight excluding hydrogens is 282 g/mol. The van der Waals surface area contributed by atoms with Crippen LogP contribution >= 0.6 is 11.6 Å². The Hall–Kier alpha value is -1.58. The summed E-state index contributed by atoms with van der Waals surface area (Å²) in [7, 11) is 2.05. The Bertz CT molecular complexity index is 557. The summed E-state index contributed by atoms with van der Waals surface area (Å²) in [4.78, 5) is 6.50. The van der Waals surface area contributed by atoms with Gasteiger partial charge >= 0.3 is 0 Å². The molecule has 0 fully saturated rings. The minimum atomic E-state index is 0.768. The second-order valence-electron chi connectivity index (χ2n) is 5.13. The van der Waals surface area contributed by atoms with Crippen molar-refractivity contribution in [3.63, 3.8) is 0 Å². The first kappa shape index (κ1) is 15.8. The molecule has 4 heteroatoms. The maximum Gasteiger partial charge on any atom is 0.0598 e. The normalized spacial score (nSPS) is 10.6. The summed E-state index contributed by atoms with van der Waals surface area (Å²) in [6, 6.07) is 12.2. The Morgan fingerprint density at radius 1 is 1.24 bits per heavy atom. The smallest absolute Gasteiger partial charge is 0.0598 e. The van der Waals surface area contributed by atoms with Gasteiger partial charge in [-0.25, -0.2) is 0 Å². The minimum absolute atomic E-state index is 0.768. The van der Waals surface area contributed by atoms with Crippen LogP contribution in [-0.2, 0) is 13.1 Å². The number of hydrogen-bond donors (Lipinski definition) is 1. The van der Waals surface area contributed by atoms with E-state index < -0.39 is 0 Å². The average molecular weight is 304 g/mol. The predicted molar refractivity (Wildman–Crippen MR) is 89.8 cm³/mol. The van der Waals surface area contributed by atoms with E-state index in [0.717, 1.165) is 48.0 Å². The Morgan fingerprint density at radius 3 is 2.76 bits per heavy atom. The van der Waals surface area contributed by atoms with Crippen LogP contribution in [0.2, 0.25) is 5.02 Å². The third-order valence-electron chi connectivity index (χ3n) is 3.34. The van der Waals surface area contributed by atoms with E-state index in [2.05, 4.69) is 41.3 Å². The fraction of sp³-hybridized carbons (Fsp3) is 0.353. The van der Waals surface area contributed by atoms with E-state index in [1.54, 1.807) is 0 Å². The number of aromatic nitrogens is 1. The van der Waals surface area contributed by atoms with Crippen LogP contribution in [0.4, 0.5) is 5.69 Å². The number of benzene rings is 1. The fourth-order valence-electron chi connectivity index (χ4n) is 2.14. The summed E-state index contributed by atoms with van der Waals surface area (Å²) < 4.78 is 0. The van der Waals surface area contributed by atoms with E-state index in [4.69, 9.17) is 11.6 Å². The summed E-state index contributed by atoms with van der Waals surface area (Å²) in [5.41, 5.74) is 3.29. The monoisotopic (exact) mass is 303 g/mol. The van der Waals surface area contributed by atoms with E-state index in [0.29, 0.717) is 0 Å². The molecule has 0 unspecified atom stereocenters. The molecule has 0 radical (unpaired) electrons. The molecule has 112 valence electrons. The van der Waals surface area contributed by atoms with E-state index in [-0.39, 0.29) is 0 Å². The molecule has 1 heterocycles. The van der Waals surface area contributed by atoms with Crippen LogP contribution in [0, 0.1) is 0 Å². The standard InChI is InChI=1S/C17H22ClN3/c1-3-9-19-12-14-7-8-16(11-17(14)18)21(2)13-15-6-4-5-10-20-15/h4-8,10-11,19H,3,9,12-13H2,1-2H3. The van der Waals surface area contributed by atoms with Crippen LogP contribution in [0.15, 0.2) is 42.6 Å². The highest BCUT2D eigenvalue weighted by molar-refractivity contribution is 6.31. The molecule has 1 N–H and O–H groups in total. The molecule has 2 aromatic rings. The molecule has 2 rings (SSSR count). The number of hydrogen-bond acceptors (Lipinski definition) is 3. The van der Waals surface area contributed by atoms with Crippen LogP contribution in [0.25, 0.3) is 0 Å². The highest BCUT2D eigenvalue weighted by Gasteiger charge is 2.06. The second-order valence-corrected chi connectivity index (χ2v) is 5.54. The Morgan fingerprint density at radius 2 is 2.10 bits per heavy atom. The molecular formula is C17H22ClN3. The first-order chi connectivity index (χ1) is 10.2. The van der Waals surface area contributed by atoms with Crippen molar-refractivity contribution in [3.8, 4) is 0 Å². The van der Waals surface area contributed by atoms with Gasteiger partial charge in [-0.05, 0) is 42.8 Å². The van der Waals surface area contributed by atoms with Crippen LogP contribution < -0.4 is 10.2 Å². The largest absolute Gasteiger partial charge is 0.369 e. The first-order valence-corrected chi connectivity index (χ1v) is 7.68. The number of anilines is 1. The van der Waals surface area contributed by atoms with Gasteiger partial charge in [-0.3, -0.25) is 4.98 Å². The summed E-state index contributed by atoms with van der Waals surface area (Å²) >= 11 is 6.37. The van der Waals surface area contributed by atoms with Gasteiger partial charge < -0.3 is 10.2 Å². The Kier molecular flexibility index (Phi) is 6.03. The third-order valence-corrected chi connectivity index (χ3v) is 3.70. The molecule has 0 aliphatic heterocycles. The number of rotatable bonds is 7. The maximum absolute atomic E-state index is 6.37. The lowest BCUT2D eigenvalue weighted by Crippen LogP contribution is -2.18. The van der Waals surface area contributed by atoms with Gasteiger partial charge in [0.25, 0.3) is 0 Å². The SMILES string of the molecule is CCCNCc1ccc(N(C)Cc2ccccn2)cc1Cl. The summed E-state index contributed by atoms with van der Waals surface area (Å²) in [5, 5.41) is 4.18. The topological polar surface area (TPSA) is 28.2 Å². The number of pyridine rings is 1. The van der Waals surface area contributed by atoms with Crippen LogP contribution in [0.1, 0.15) is 24.6 Å². The van der Waals surface area contributed by atoms with E-state index >= 15 is 0 Å². The maximum atomic E-state index is 6.37. The molecule has 3 nitrogen and oxygen atoms in total. The third kappa shape index (κ3) is 4.73. The van der Waals surface area contributed by atoms with Gasteiger partial charge in [-0.15, -0.1) is 0 Å². The molecule has 0 bridgehead atoms. The first-order valence-electron chi connectivity index (χ1n) is 7.31. The fourth-order valence-corrected chi connectivity index (χ4v) is 2.38. The predicted octanol–water partition coefficient (Wildman–Crippen LogP) is 3.87. The van der Waals surface area contributed by atoms with Crippen molar-refractivity contribution < 1.29 is 0 Å². The molecule has 0 spiro atoms. The van der Waals surface area contributed by atoms with Crippen molar-refractivity contribution >= 4 is 17.3 Å². The lowest BCUT2D eigenvalue weighted by Gasteiger charge is -2.20. The highest BCUT2D eigenvalue weighted by atomic mass is 35.5. The second kappa shape index (κ2) is 8.01. The number of halogens is 1. The Labute approximate surface area is 132 Å². The van der Waals surface area contributed by atoms with Crippen LogP contribution in [0.3, 0.4) is 0 Å². The highest BCUT2D eigenvalue weighted by Crippen LogP contribution is 2.24. The van der Waals surface area contributed by atoms with Crippen molar-refractivity contribution in [2.24, 2.45) is 0 Å². The van der Waals surface area contributed by atoms with Crippen molar-refractivity contribution in [2.75, 3.05) is 18.5 Å². The summed E-state index contributed by atoms with van der Waals surface area (Å²) in [5.74, 6) is 0. The van der Waals surface area contributed by atoms with Gasteiger partial charge in [0, 0.05) is 30.5 Å². The zero-order valence-corrected chi connectivity index (χ0v) is 13.4. The van der Waals surface area contributed by atoms with Crippen molar-refractivity contribution in [3.05, 3.63) is 58.9 Å². The molecule has 0 aliphatic rings. The molecule has 0 saturated carbocycles. The molecule has 0 aliphatic carbocycles. The molecule has 21 heavy (non-hydrogen) atoms. The summed E-state index contributed by atoms with van der Waals surface area (Å²) in [6.07, 6.45) is 2.95. The zero-order chi connectivity index (χ0) is 15.1. The van der Waals surface area contributed by atoms with E-state index in [1.807, 2.05) is 30.5 Å². The average Bonchev–Trinajstić information content (AvgIpc) is 2.50. The van der Waals surface area contributed by atoms with Crippen LogP contribution in [-0.4, -0.2) is 18.6 Å².